The summed E-state index contributed by atoms with van der Waals surface area (Å²) in [4.78, 5) is 12.2. The van der Waals surface area contributed by atoms with Crippen LogP contribution in [-0.2, 0) is 13.2 Å². The van der Waals surface area contributed by atoms with Crippen LogP contribution >= 0.6 is 0 Å². The third-order valence-corrected chi connectivity index (χ3v) is 3.91. The molecule has 2 rings (SSSR count). The van der Waals surface area contributed by atoms with Crippen LogP contribution in [0.1, 0.15) is 16.8 Å². The molecule has 0 atom stereocenters. The van der Waals surface area contributed by atoms with Crippen molar-refractivity contribution in [1.29, 1.82) is 0 Å². The first-order valence-corrected chi connectivity index (χ1v) is 7.80. The van der Waals surface area contributed by atoms with E-state index in [4.69, 9.17) is 4.74 Å². The predicted molar refractivity (Wildman–Crippen MR) is 85.8 cm³/mol. The summed E-state index contributed by atoms with van der Waals surface area (Å²) in [6.07, 6.45) is -8.72. The van der Waals surface area contributed by atoms with Gasteiger partial charge in [0.2, 0.25) is 5.43 Å². The summed E-state index contributed by atoms with van der Waals surface area (Å²) in [5.74, 6) is -4.61. The number of halogens is 7. The van der Waals surface area contributed by atoms with Gasteiger partial charge in [-0.3, -0.25) is 9.48 Å². The molecule has 0 unspecified atom stereocenters. The lowest BCUT2D eigenvalue weighted by atomic mass is 10.0. The van der Waals surface area contributed by atoms with E-state index in [1.807, 2.05) is 0 Å². The van der Waals surface area contributed by atoms with Gasteiger partial charge in [-0.1, -0.05) is 6.07 Å². The number of ether oxygens (including phenoxy) is 1. The van der Waals surface area contributed by atoms with Gasteiger partial charge >= 0.3 is 18.5 Å². The Morgan fingerprint density at radius 2 is 1.68 bits per heavy atom. The van der Waals surface area contributed by atoms with Gasteiger partial charge in [0.25, 0.3) is 0 Å². The van der Waals surface area contributed by atoms with Crippen molar-refractivity contribution in [1.82, 2.24) is 9.78 Å². The molecule has 0 N–H and O–H groups in total. The summed E-state index contributed by atoms with van der Waals surface area (Å²) in [5.41, 5.74) is -1.90. The molecule has 1 aromatic carbocycles. The van der Waals surface area contributed by atoms with Crippen LogP contribution < -0.4 is 10.2 Å². The fourth-order valence-electron chi connectivity index (χ4n) is 2.47. The summed E-state index contributed by atoms with van der Waals surface area (Å²) in [7, 11) is 0.996. The van der Waals surface area contributed by atoms with Crippen LogP contribution in [0.4, 0.5) is 30.7 Å². The molecule has 0 aliphatic heterocycles. The number of aromatic nitrogens is 2. The van der Waals surface area contributed by atoms with Crippen LogP contribution in [0.3, 0.4) is 0 Å². The van der Waals surface area contributed by atoms with E-state index >= 15 is 0 Å². The van der Waals surface area contributed by atoms with Gasteiger partial charge < -0.3 is 4.74 Å². The fraction of sp³-hybridized carbons (Fsp3) is 0.412. The number of benzene rings is 1. The quantitative estimate of drug-likeness (QED) is 0.686. The zero-order valence-electron chi connectivity index (χ0n) is 14.9. The van der Waals surface area contributed by atoms with Crippen LogP contribution in [0, 0.1) is 13.8 Å². The Bertz CT molecular complexity index is 936. The van der Waals surface area contributed by atoms with Crippen molar-refractivity contribution in [2.75, 3.05) is 6.61 Å². The molecule has 4 nitrogen and oxygen atoms in total. The number of alkyl halides is 7. The monoisotopic (exact) mass is 412 g/mol. The van der Waals surface area contributed by atoms with Gasteiger partial charge in [0, 0.05) is 18.7 Å². The van der Waals surface area contributed by atoms with E-state index in [0.29, 0.717) is 21.9 Å². The zero-order valence-corrected chi connectivity index (χ0v) is 14.9. The largest absolute Gasteiger partial charge is 0.487 e. The first-order valence-electron chi connectivity index (χ1n) is 7.80. The van der Waals surface area contributed by atoms with Crippen molar-refractivity contribution < 1.29 is 35.5 Å². The Balaban J connectivity index is 2.50. The van der Waals surface area contributed by atoms with Crippen molar-refractivity contribution in [2.45, 2.75) is 32.4 Å². The van der Waals surface area contributed by atoms with Crippen LogP contribution in [0.15, 0.2) is 23.0 Å². The summed E-state index contributed by atoms with van der Waals surface area (Å²) < 4.78 is 94.7. The molecular formula is C17H15F7N2O2. The van der Waals surface area contributed by atoms with Crippen LogP contribution in [-0.4, -0.2) is 28.7 Å². The molecule has 154 valence electrons. The Kier molecular flexibility index (Phi) is 5.77. The molecule has 0 saturated heterocycles. The van der Waals surface area contributed by atoms with Gasteiger partial charge in [0.15, 0.2) is 6.61 Å². The molecule has 0 spiro atoms. The second kappa shape index (κ2) is 7.44. The van der Waals surface area contributed by atoms with Gasteiger partial charge in [-0.2, -0.15) is 27.1 Å². The first kappa shape index (κ1) is 21.7. The average Bonchev–Trinajstić information content (AvgIpc) is 2.55. The zero-order chi connectivity index (χ0) is 21.4. The Morgan fingerprint density at radius 3 is 2.21 bits per heavy atom. The van der Waals surface area contributed by atoms with E-state index in [0.717, 1.165) is 13.1 Å². The van der Waals surface area contributed by atoms with E-state index in [1.165, 1.54) is 19.9 Å². The maximum atomic E-state index is 13.1. The number of hydrogen-bond acceptors (Lipinski definition) is 3. The molecule has 0 radical (unpaired) electrons. The SMILES string of the molecule is Cc1cc(C)c(-c2nn(C)c(C(F)(F)F)cc2=O)cc1OCC(F)(F)C(F)F. The topological polar surface area (TPSA) is 44.1 Å². The summed E-state index contributed by atoms with van der Waals surface area (Å²) in [6.45, 7) is 1.38. The maximum Gasteiger partial charge on any atom is 0.433 e. The fourth-order valence-corrected chi connectivity index (χ4v) is 2.47. The first-order chi connectivity index (χ1) is 12.7. The predicted octanol–water partition coefficient (Wildman–Crippen LogP) is 4.36. The molecule has 1 aromatic heterocycles. The smallest absolute Gasteiger partial charge is 0.433 e. The molecule has 11 heteroatoms. The lowest BCUT2D eigenvalue weighted by Crippen LogP contribution is -2.33. The minimum atomic E-state index is -4.79. The Morgan fingerprint density at radius 1 is 1.07 bits per heavy atom. The van der Waals surface area contributed by atoms with Gasteiger partial charge in [-0.05, 0) is 31.0 Å². The van der Waals surface area contributed by atoms with Crippen LogP contribution in [0.25, 0.3) is 11.3 Å². The molecule has 0 aliphatic rings. The molecule has 0 saturated carbocycles. The van der Waals surface area contributed by atoms with E-state index in [-0.39, 0.29) is 17.0 Å². The standard InChI is InChI=1S/C17H15F7N2O2/c1-8-4-9(2)12(28-7-16(20,21)15(18)19)5-10(8)14-11(27)6-13(17(22,23)24)26(3)25-14/h4-6,15H,7H2,1-3H3. The van der Waals surface area contributed by atoms with Gasteiger partial charge in [-0.25, -0.2) is 8.78 Å². The van der Waals surface area contributed by atoms with Gasteiger partial charge in [0.05, 0.1) is 0 Å². The summed E-state index contributed by atoms with van der Waals surface area (Å²) in [6, 6.07) is 2.90. The highest BCUT2D eigenvalue weighted by Crippen LogP contribution is 2.32. The Labute approximate surface area is 154 Å². The van der Waals surface area contributed by atoms with E-state index in [9.17, 15) is 35.5 Å². The molecule has 0 aliphatic carbocycles. The van der Waals surface area contributed by atoms with Gasteiger partial charge in [0.1, 0.15) is 17.1 Å². The molecular weight excluding hydrogens is 397 g/mol. The lowest BCUT2D eigenvalue weighted by Gasteiger charge is -2.18. The lowest BCUT2D eigenvalue weighted by molar-refractivity contribution is -0.148. The normalized spacial score (nSPS) is 12.5. The second-order valence-electron chi connectivity index (χ2n) is 6.15. The van der Waals surface area contributed by atoms with Crippen LogP contribution in [0.5, 0.6) is 5.75 Å². The van der Waals surface area contributed by atoms with Crippen molar-refractivity contribution in [3.05, 3.63) is 45.2 Å². The molecule has 28 heavy (non-hydrogen) atoms. The van der Waals surface area contributed by atoms with E-state index in [1.54, 1.807) is 0 Å². The van der Waals surface area contributed by atoms with Crippen molar-refractivity contribution in [3.63, 3.8) is 0 Å². The summed E-state index contributed by atoms with van der Waals surface area (Å²) in [5, 5.41) is 3.64. The molecule has 0 bridgehead atoms. The highest BCUT2D eigenvalue weighted by molar-refractivity contribution is 5.66. The number of aryl methyl sites for hydroxylation is 3. The minimum absolute atomic E-state index is 0.0373. The van der Waals surface area contributed by atoms with Crippen molar-refractivity contribution in [2.24, 2.45) is 7.05 Å². The molecule has 0 amide bonds. The van der Waals surface area contributed by atoms with Crippen molar-refractivity contribution in [3.8, 4) is 17.0 Å². The Hall–Kier alpha value is -2.59. The molecule has 2 aromatic rings. The van der Waals surface area contributed by atoms with Crippen molar-refractivity contribution >= 4 is 0 Å². The van der Waals surface area contributed by atoms with Crippen LogP contribution in [0.2, 0.25) is 0 Å². The maximum absolute atomic E-state index is 13.1. The second-order valence-corrected chi connectivity index (χ2v) is 6.15. The molecule has 0 fully saturated rings. The number of nitrogens with zero attached hydrogens (tertiary/aromatic N) is 2. The third kappa shape index (κ3) is 4.45. The highest BCUT2D eigenvalue weighted by atomic mass is 19.4. The number of rotatable bonds is 5. The molecule has 1 heterocycles. The highest BCUT2D eigenvalue weighted by Gasteiger charge is 2.42. The van der Waals surface area contributed by atoms with E-state index in [2.05, 4.69) is 5.10 Å². The third-order valence-electron chi connectivity index (χ3n) is 3.91. The van der Waals surface area contributed by atoms with Gasteiger partial charge in [-0.15, -0.1) is 0 Å². The number of hydrogen-bond donors (Lipinski definition) is 0. The van der Waals surface area contributed by atoms with E-state index < -0.39 is 36.3 Å². The minimum Gasteiger partial charge on any atom is -0.487 e. The summed E-state index contributed by atoms with van der Waals surface area (Å²) >= 11 is 0. The average molecular weight is 412 g/mol.